The van der Waals surface area contributed by atoms with Gasteiger partial charge in [-0.2, -0.15) is 0 Å². The van der Waals surface area contributed by atoms with Gasteiger partial charge in [0.05, 0.1) is 12.7 Å². The first-order valence-electron chi connectivity index (χ1n) is 5.19. The van der Waals surface area contributed by atoms with Gasteiger partial charge in [-0.25, -0.2) is 0 Å². The standard InChI is InChI=1S/C10H21NO3/c1-3-7-14-8-5-10(13)11-6-4-9(2)12/h9,12H,3-8H2,1-2H3,(H,11,13). The van der Waals surface area contributed by atoms with Crippen molar-refractivity contribution in [3.63, 3.8) is 0 Å². The predicted octanol–water partition coefficient (Wildman–Crippen LogP) is 0.690. The van der Waals surface area contributed by atoms with Crippen molar-refractivity contribution in [3.05, 3.63) is 0 Å². The topological polar surface area (TPSA) is 58.6 Å². The van der Waals surface area contributed by atoms with Crippen molar-refractivity contribution >= 4 is 5.91 Å². The Bertz CT molecular complexity index is 148. The largest absolute Gasteiger partial charge is 0.393 e. The van der Waals surface area contributed by atoms with Crippen LogP contribution in [0.3, 0.4) is 0 Å². The number of ether oxygens (including phenoxy) is 1. The molecule has 0 bridgehead atoms. The van der Waals surface area contributed by atoms with Crippen molar-refractivity contribution in [2.24, 2.45) is 0 Å². The van der Waals surface area contributed by atoms with E-state index >= 15 is 0 Å². The molecule has 0 aromatic rings. The summed E-state index contributed by atoms with van der Waals surface area (Å²) in [7, 11) is 0. The van der Waals surface area contributed by atoms with E-state index in [9.17, 15) is 4.79 Å². The molecule has 4 nitrogen and oxygen atoms in total. The van der Waals surface area contributed by atoms with Crippen LogP contribution < -0.4 is 5.32 Å². The third-order valence-electron chi connectivity index (χ3n) is 1.71. The Morgan fingerprint density at radius 1 is 1.50 bits per heavy atom. The molecule has 4 heteroatoms. The van der Waals surface area contributed by atoms with E-state index in [1.165, 1.54) is 0 Å². The maximum atomic E-state index is 11.1. The molecule has 0 aromatic heterocycles. The molecule has 0 aliphatic rings. The van der Waals surface area contributed by atoms with Crippen LogP contribution >= 0.6 is 0 Å². The van der Waals surface area contributed by atoms with Crippen molar-refractivity contribution in [1.82, 2.24) is 5.32 Å². The molecule has 0 aliphatic carbocycles. The van der Waals surface area contributed by atoms with E-state index in [0.29, 0.717) is 32.6 Å². The second kappa shape index (κ2) is 8.97. The molecule has 0 saturated heterocycles. The van der Waals surface area contributed by atoms with E-state index in [2.05, 4.69) is 5.32 Å². The Hall–Kier alpha value is -0.610. The van der Waals surface area contributed by atoms with Crippen LogP contribution in [0.25, 0.3) is 0 Å². The highest BCUT2D eigenvalue weighted by Crippen LogP contribution is 1.88. The van der Waals surface area contributed by atoms with Crippen molar-refractivity contribution in [1.29, 1.82) is 0 Å². The third kappa shape index (κ3) is 9.48. The molecule has 2 N–H and O–H groups in total. The normalized spacial score (nSPS) is 12.5. The van der Waals surface area contributed by atoms with Crippen molar-refractivity contribution in [2.45, 2.75) is 39.2 Å². The van der Waals surface area contributed by atoms with E-state index in [4.69, 9.17) is 9.84 Å². The van der Waals surface area contributed by atoms with Gasteiger partial charge in [-0.1, -0.05) is 6.92 Å². The molecule has 84 valence electrons. The number of hydrogen-bond donors (Lipinski definition) is 2. The Labute approximate surface area is 85.6 Å². The SMILES string of the molecule is CCCOCCC(=O)NCCC(C)O. The number of aliphatic hydroxyl groups excluding tert-OH is 1. The maximum Gasteiger partial charge on any atom is 0.222 e. The monoisotopic (exact) mass is 203 g/mol. The molecular formula is C10H21NO3. The van der Waals surface area contributed by atoms with Gasteiger partial charge in [-0.3, -0.25) is 4.79 Å². The molecule has 1 atom stereocenters. The van der Waals surface area contributed by atoms with E-state index in [-0.39, 0.29) is 12.0 Å². The highest BCUT2D eigenvalue weighted by atomic mass is 16.5. The molecule has 1 unspecified atom stereocenters. The maximum absolute atomic E-state index is 11.1. The van der Waals surface area contributed by atoms with Crippen LogP contribution in [0, 0.1) is 0 Å². The second-order valence-corrected chi connectivity index (χ2v) is 3.35. The average molecular weight is 203 g/mol. The Balaban J connectivity index is 3.20. The minimum atomic E-state index is -0.355. The molecule has 0 aromatic carbocycles. The molecule has 0 radical (unpaired) electrons. The summed E-state index contributed by atoms with van der Waals surface area (Å²) in [6.07, 6.45) is 1.62. The molecule has 0 aliphatic heterocycles. The Kier molecular flexibility index (Phi) is 8.57. The van der Waals surface area contributed by atoms with Gasteiger partial charge >= 0.3 is 0 Å². The highest BCUT2D eigenvalue weighted by molar-refractivity contribution is 5.75. The zero-order valence-electron chi connectivity index (χ0n) is 9.08. The van der Waals surface area contributed by atoms with Crippen molar-refractivity contribution in [3.8, 4) is 0 Å². The fourth-order valence-electron chi connectivity index (χ4n) is 0.920. The number of nitrogens with one attached hydrogen (secondary N) is 1. The smallest absolute Gasteiger partial charge is 0.222 e. The third-order valence-corrected chi connectivity index (χ3v) is 1.71. The Morgan fingerprint density at radius 2 is 2.21 bits per heavy atom. The molecular weight excluding hydrogens is 182 g/mol. The van der Waals surface area contributed by atoms with Gasteiger partial charge in [-0.05, 0) is 19.8 Å². The minimum absolute atomic E-state index is 0.0123. The Morgan fingerprint density at radius 3 is 2.79 bits per heavy atom. The molecule has 0 rings (SSSR count). The van der Waals surface area contributed by atoms with Gasteiger partial charge < -0.3 is 15.2 Å². The number of rotatable bonds is 8. The summed E-state index contributed by atoms with van der Waals surface area (Å²) in [4.78, 5) is 11.1. The number of amides is 1. The van der Waals surface area contributed by atoms with Crippen LogP contribution in [0.2, 0.25) is 0 Å². The lowest BCUT2D eigenvalue weighted by Crippen LogP contribution is -2.27. The van der Waals surface area contributed by atoms with Crippen LogP contribution in [0.1, 0.15) is 33.1 Å². The molecule has 0 heterocycles. The summed E-state index contributed by atoms with van der Waals surface area (Å²) in [5, 5.41) is 11.6. The number of carbonyl (C=O) groups excluding carboxylic acids is 1. The van der Waals surface area contributed by atoms with Gasteiger partial charge in [-0.15, -0.1) is 0 Å². The lowest BCUT2D eigenvalue weighted by atomic mass is 10.3. The van der Waals surface area contributed by atoms with E-state index in [0.717, 1.165) is 6.42 Å². The van der Waals surface area contributed by atoms with Gasteiger partial charge in [0.15, 0.2) is 0 Å². The van der Waals surface area contributed by atoms with Crippen LogP contribution in [-0.2, 0) is 9.53 Å². The van der Waals surface area contributed by atoms with Crippen LogP contribution in [0.5, 0.6) is 0 Å². The fourth-order valence-corrected chi connectivity index (χ4v) is 0.920. The molecule has 0 fully saturated rings. The quantitative estimate of drug-likeness (QED) is 0.571. The minimum Gasteiger partial charge on any atom is -0.393 e. The summed E-state index contributed by atoms with van der Waals surface area (Å²) in [6.45, 7) is 5.46. The zero-order valence-corrected chi connectivity index (χ0v) is 9.08. The zero-order chi connectivity index (χ0) is 10.8. The summed E-state index contributed by atoms with van der Waals surface area (Å²) in [5.41, 5.74) is 0. The number of carbonyl (C=O) groups is 1. The lowest BCUT2D eigenvalue weighted by molar-refractivity contribution is -0.122. The first kappa shape index (κ1) is 13.4. The van der Waals surface area contributed by atoms with Gasteiger partial charge in [0.2, 0.25) is 5.91 Å². The van der Waals surface area contributed by atoms with Crippen LogP contribution in [0.4, 0.5) is 0 Å². The van der Waals surface area contributed by atoms with Crippen molar-refractivity contribution < 1.29 is 14.6 Å². The van der Waals surface area contributed by atoms with E-state index in [1.54, 1.807) is 6.92 Å². The van der Waals surface area contributed by atoms with Crippen LogP contribution in [0.15, 0.2) is 0 Å². The first-order valence-corrected chi connectivity index (χ1v) is 5.19. The van der Waals surface area contributed by atoms with E-state index < -0.39 is 0 Å². The molecule has 0 spiro atoms. The van der Waals surface area contributed by atoms with Crippen molar-refractivity contribution in [2.75, 3.05) is 19.8 Å². The summed E-state index contributed by atoms with van der Waals surface area (Å²) < 4.78 is 5.17. The number of aliphatic hydroxyl groups is 1. The number of hydrogen-bond acceptors (Lipinski definition) is 3. The van der Waals surface area contributed by atoms with Gasteiger partial charge in [0, 0.05) is 19.6 Å². The first-order chi connectivity index (χ1) is 6.66. The molecule has 1 amide bonds. The molecule has 14 heavy (non-hydrogen) atoms. The fraction of sp³-hybridized carbons (Fsp3) is 0.900. The summed E-state index contributed by atoms with van der Waals surface area (Å²) in [6, 6.07) is 0. The average Bonchev–Trinajstić information content (AvgIpc) is 2.12. The summed E-state index contributed by atoms with van der Waals surface area (Å²) in [5.74, 6) is -0.0123. The lowest BCUT2D eigenvalue weighted by Gasteiger charge is -2.06. The summed E-state index contributed by atoms with van der Waals surface area (Å²) >= 11 is 0. The van der Waals surface area contributed by atoms with Gasteiger partial charge in [0.25, 0.3) is 0 Å². The predicted molar refractivity (Wildman–Crippen MR) is 55.0 cm³/mol. The van der Waals surface area contributed by atoms with Gasteiger partial charge in [0.1, 0.15) is 0 Å². The van der Waals surface area contributed by atoms with Crippen LogP contribution in [-0.4, -0.2) is 36.9 Å². The molecule has 0 saturated carbocycles. The highest BCUT2D eigenvalue weighted by Gasteiger charge is 2.01. The van der Waals surface area contributed by atoms with E-state index in [1.807, 2.05) is 6.92 Å². The second-order valence-electron chi connectivity index (χ2n) is 3.35.